The highest BCUT2D eigenvalue weighted by atomic mass is 16.9. The van der Waals surface area contributed by atoms with Crippen LogP contribution in [0.1, 0.15) is 41.7 Å². The van der Waals surface area contributed by atoms with Crippen molar-refractivity contribution in [3.63, 3.8) is 0 Å². The first kappa shape index (κ1) is 37.8. The second-order valence-electron chi connectivity index (χ2n) is 13.8. The van der Waals surface area contributed by atoms with Crippen LogP contribution in [0.3, 0.4) is 0 Å². The molecule has 4 aliphatic rings. The van der Waals surface area contributed by atoms with Crippen LogP contribution in [0, 0.1) is 0 Å². The van der Waals surface area contributed by atoms with Gasteiger partial charge in [0, 0.05) is 24.6 Å². The minimum absolute atomic E-state index is 0.0868. The highest BCUT2D eigenvalue weighted by Gasteiger charge is 2.49. The zero-order valence-corrected chi connectivity index (χ0v) is 29.1. The van der Waals surface area contributed by atoms with E-state index in [4.69, 9.17) is 39.9 Å². The summed E-state index contributed by atoms with van der Waals surface area (Å²) in [4.78, 5) is 13.3. The predicted molar refractivity (Wildman–Crippen MR) is 189 cm³/mol. The fourth-order valence-electron chi connectivity index (χ4n) is 7.45. The third-order valence-corrected chi connectivity index (χ3v) is 10.4. The number of alkyl carbamates (subject to hydrolysis) is 1. The summed E-state index contributed by atoms with van der Waals surface area (Å²) in [5.41, 5.74) is 17.1. The molecule has 3 fully saturated rings. The molecule has 3 aromatic carbocycles. The van der Waals surface area contributed by atoms with Crippen molar-refractivity contribution >= 4 is 6.09 Å². The van der Waals surface area contributed by atoms with E-state index in [1.54, 1.807) is 0 Å². The van der Waals surface area contributed by atoms with Gasteiger partial charge in [-0.1, -0.05) is 78.9 Å². The number of carbonyl (C=O) groups excluding carboxylic acids is 1. The average Bonchev–Trinajstić information content (AvgIpc) is 3.62. The summed E-state index contributed by atoms with van der Waals surface area (Å²) in [7, 11) is 0. The standard InChI is InChI=1S/C38H48N4O11/c39-17-27-30(43)31(44)29(40)37(50-27)51-33-28(49-34(46)32(33)45)18-41-16-8-15-26(36-52-35(53-36)20-9-2-1-3-10-20)42-38(47)48-19-25-23-13-6-4-11-21(23)22-12-5-7-14-24(22)25/h1-7,9-14,25-37,41,43-46H,8,15-19,39-40H2,(H,42,47)/t26?,27?,28-,29?,30-,31?,32?,33?,34-,35?,36?,37-/m1/s1. The van der Waals surface area contributed by atoms with Crippen molar-refractivity contribution in [2.24, 2.45) is 11.5 Å². The molecule has 0 bridgehead atoms. The van der Waals surface area contributed by atoms with Gasteiger partial charge in [-0.3, -0.25) is 0 Å². The Morgan fingerprint density at radius 3 is 2.15 bits per heavy atom. The summed E-state index contributed by atoms with van der Waals surface area (Å²) in [6.45, 7) is 0.696. The highest BCUT2D eigenvalue weighted by Crippen LogP contribution is 2.44. The summed E-state index contributed by atoms with van der Waals surface area (Å²) in [5.74, 6) is -0.0868. The Morgan fingerprint density at radius 2 is 1.47 bits per heavy atom. The van der Waals surface area contributed by atoms with Crippen LogP contribution in [0.15, 0.2) is 78.9 Å². The molecule has 0 aromatic heterocycles. The van der Waals surface area contributed by atoms with Crippen molar-refractivity contribution in [2.45, 2.75) is 92.6 Å². The van der Waals surface area contributed by atoms with E-state index in [2.05, 4.69) is 34.9 Å². The Kier molecular flexibility index (Phi) is 12.0. The molecule has 15 nitrogen and oxygen atoms in total. The molecule has 286 valence electrons. The molecule has 3 aromatic rings. The molecule has 15 heteroatoms. The SMILES string of the molecule is NCC1O[C@H](OC2C(O)[C@H](O)O[C@@H]2CNCCCC(NC(=O)OCC2c3ccccc3-c3ccccc32)C2OC(c3ccccc3)O2)C(N)C(O)[C@@H]1O. The molecule has 3 saturated heterocycles. The topological polar surface area (TPSA) is 229 Å². The molecule has 10 N–H and O–H groups in total. The van der Waals surface area contributed by atoms with Gasteiger partial charge in [-0.15, -0.1) is 0 Å². The maximum Gasteiger partial charge on any atom is 0.407 e. The Balaban J connectivity index is 0.929. The van der Waals surface area contributed by atoms with Crippen LogP contribution in [0.2, 0.25) is 0 Å². The molecule has 3 aliphatic heterocycles. The van der Waals surface area contributed by atoms with E-state index in [0.717, 1.165) is 27.8 Å². The lowest BCUT2D eigenvalue weighted by Crippen LogP contribution is -2.64. The first-order valence-electron chi connectivity index (χ1n) is 18.1. The van der Waals surface area contributed by atoms with E-state index < -0.39 is 80.0 Å². The molecule has 3 heterocycles. The van der Waals surface area contributed by atoms with Crippen LogP contribution in [0.25, 0.3) is 11.1 Å². The average molecular weight is 737 g/mol. The maximum absolute atomic E-state index is 13.3. The van der Waals surface area contributed by atoms with Crippen molar-refractivity contribution in [3.05, 3.63) is 95.6 Å². The Hall–Kier alpha value is -3.55. The minimum atomic E-state index is -1.52. The molecular formula is C38H48N4O11. The molecule has 0 spiro atoms. The van der Waals surface area contributed by atoms with Gasteiger partial charge in [0.1, 0.15) is 43.2 Å². The van der Waals surface area contributed by atoms with Crippen molar-refractivity contribution in [3.8, 4) is 11.1 Å². The normalized spacial score (nSPS) is 32.8. The minimum Gasteiger partial charge on any atom is -0.449 e. The molecule has 1 aliphatic carbocycles. The molecule has 7 rings (SSSR count). The van der Waals surface area contributed by atoms with Gasteiger partial charge >= 0.3 is 6.09 Å². The Morgan fingerprint density at radius 1 is 0.811 bits per heavy atom. The lowest BCUT2D eigenvalue weighted by atomic mass is 9.97. The van der Waals surface area contributed by atoms with Gasteiger partial charge in [-0.05, 0) is 41.6 Å². The first-order chi connectivity index (χ1) is 25.7. The van der Waals surface area contributed by atoms with Gasteiger partial charge in [-0.2, -0.15) is 0 Å². The van der Waals surface area contributed by atoms with E-state index in [-0.39, 0.29) is 25.6 Å². The molecular weight excluding hydrogens is 688 g/mol. The number of nitrogens with one attached hydrogen (secondary N) is 2. The van der Waals surface area contributed by atoms with E-state index in [1.165, 1.54) is 0 Å². The summed E-state index contributed by atoms with van der Waals surface area (Å²) in [6.07, 6.45) is -10.4. The quantitative estimate of drug-likeness (QED) is 0.106. The van der Waals surface area contributed by atoms with Crippen molar-refractivity contribution < 1.29 is 53.6 Å². The van der Waals surface area contributed by atoms with Crippen molar-refractivity contribution in [2.75, 3.05) is 26.2 Å². The number of hydrogen-bond acceptors (Lipinski definition) is 14. The first-order valence-corrected chi connectivity index (χ1v) is 18.1. The fraction of sp³-hybridized carbons (Fsp3) is 0.500. The maximum atomic E-state index is 13.3. The van der Waals surface area contributed by atoms with Gasteiger partial charge in [0.25, 0.3) is 0 Å². The number of aliphatic hydroxyl groups is 4. The number of carbonyl (C=O) groups is 1. The lowest BCUT2D eigenvalue weighted by molar-refractivity contribution is -0.397. The second-order valence-corrected chi connectivity index (χ2v) is 13.8. The zero-order chi connectivity index (χ0) is 37.1. The molecule has 0 radical (unpaired) electrons. The van der Waals surface area contributed by atoms with E-state index >= 15 is 0 Å². The number of fused-ring (bicyclic) bond motifs is 3. The van der Waals surface area contributed by atoms with Gasteiger partial charge < -0.3 is 70.9 Å². The highest BCUT2D eigenvalue weighted by molar-refractivity contribution is 5.79. The van der Waals surface area contributed by atoms with Crippen LogP contribution in [-0.4, -0.2) is 120 Å². The third-order valence-electron chi connectivity index (χ3n) is 10.4. The van der Waals surface area contributed by atoms with Crippen LogP contribution in [0.4, 0.5) is 4.79 Å². The molecule has 6 unspecified atom stereocenters. The predicted octanol–water partition coefficient (Wildman–Crippen LogP) is 0.531. The Labute approximate surface area is 307 Å². The van der Waals surface area contributed by atoms with Gasteiger partial charge in [0.2, 0.25) is 0 Å². The number of nitrogens with two attached hydrogens (primary N) is 2. The fourth-order valence-corrected chi connectivity index (χ4v) is 7.45. The largest absolute Gasteiger partial charge is 0.449 e. The lowest BCUT2D eigenvalue weighted by Gasteiger charge is -2.42. The van der Waals surface area contributed by atoms with Crippen LogP contribution >= 0.6 is 0 Å². The number of amides is 1. The van der Waals surface area contributed by atoms with E-state index in [0.29, 0.717) is 19.4 Å². The number of aliphatic hydroxyl groups excluding tert-OH is 4. The van der Waals surface area contributed by atoms with Gasteiger partial charge in [-0.25, -0.2) is 4.79 Å². The third kappa shape index (κ3) is 8.12. The second kappa shape index (κ2) is 16.9. The number of hydrogen-bond donors (Lipinski definition) is 8. The molecule has 53 heavy (non-hydrogen) atoms. The number of benzene rings is 3. The van der Waals surface area contributed by atoms with E-state index in [1.807, 2.05) is 54.6 Å². The molecule has 1 amide bonds. The van der Waals surface area contributed by atoms with Crippen LogP contribution in [-0.2, 0) is 28.4 Å². The number of rotatable bonds is 14. The van der Waals surface area contributed by atoms with Gasteiger partial charge in [0.05, 0.1) is 12.1 Å². The van der Waals surface area contributed by atoms with Crippen LogP contribution < -0.4 is 22.1 Å². The number of ether oxygens (including phenoxy) is 6. The Bertz CT molecular complexity index is 1620. The van der Waals surface area contributed by atoms with Crippen LogP contribution in [0.5, 0.6) is 0 Å². The monoisotopic (exact) mass is 736 g/mol. The van der Waals surface area contributed by atoms with Crippen molar-refractivity contribution in [1.29, 1.82) is 0 Å². The van der Waals surface area contributed by atoms with E-state index in [9.17, 15) is 25.2 Å². The molecule has 10 atom stereocenters. The van der Waals surface area contributed by atoms with Gasteiger partial charge in [0.15, 0.2) is 25.2 Å². The molecule has 0 saturated carbocycles. The van der Waals surface area contributed by atoms with Crippen molar-refractivity contribution in [1.82, 2.24) is 10.6 Å². The smallest absolute Gasteiger partial charge is 0.407 e. The summed E-state index contributed by atoms with van der Waals surface area (Å²) >= 11 is 0. The summed E-state index contributed by atoms with van der Waals surface area (Å²) in [5, 5.41) is 47.6. The summed E-state index contributed by atoms with van der Waals surface area (Å²) < 4.78 is 35.1. The summed E-state index contributed by atoms with van der Waals surface area (Å²) in [6, 6.07) is 24.1. The zero-order valence-electron chi connectivity index (χ0n) is 29.1.